The highest BCUT2D eigenvalue weighted by atomic mass is 35.5. The molecular formula is C8H13ClN2O4S2. The van der Waals surface area contributed by atoms with E-state index in [1.807, 2.05) is 0 Å². The Morgan fingerprint density at radius 1 is 1.41 bits per heavy atom. The lowest BCUT2D eigenvalue weighted by Gasteiger charge is -2.13. The normalized spacial score (nSPS) is 16.9. The van der Waals surface area contributed by atoms with Crippen molar-refractivity contribution >= 4 is 44.5 Å². The van der Waals surface area contributed by atoms with E-state index in [4.69, 9.17) is 11.6 Å². The van der Waals surface area contributed by atoms with E-state index in [1.165, 1.54) is 0 Å². The molecule has 1 aliphatic heterocycles. The first kappa shape index (κ1) is 14.7. The zero-order chi connectivity index (χ0) is 12.9. The van der Waals surface area contributed by atoms with Crippen molar-refractivity contribution in [2.24, 2.45) is 0 Å². The molecular weight excluding hydrogens is 288 g/mol. The average Bonchev–Trinajstić information content (AvgIpc) is 2.58. The van der Waals surface area contributed by atoms with Gasteiger partial charge in [-0.1, -0.05) is 11.8 Å². The molecule has 1 fully saturated rings. The SMILES string of the molecule is O=C1CSC(=O)N1CCNS(=O)(=O)CCCCl. The van der Waals surface area contributed by atoms with Crippen LogP contribution in [0.4, 0.5) is 4.79 Å². The number of amides is 2. The molecule has 0 spiro atoms. The van der Waals surface area contributed by atoms with Gasteiger partial charge in [0, 0.05) is 19.0 Å². The lowest BCUT2D eigenvalue weighted by molar-refractivity contribution is -0.124. The summed E-state index contributed by atoms with van der Waals surface area (Å²) in [6.07, 6.45) is 0.369. The third kappa shape index (κ3) is 4.82. The van der Waals surface area contributed by atoms with E-state index < -0.39 is 10.0 Å². The topological polar surface area (TPSA) is 83.6 Å². The van der Waals surface area contributed by atoms with Crippen molar-refractivity contribution in [1.29, 1.82) is 0 Å². The first-order valence-corrected chi connectivity index (χ1v) is 8.14. The number of sulfonamides is 1. The van der Waals surface area contributed by atoms with Gasteiger partial charge in [0.05, 0.1) is 11.5 Å². The molecule has 0 aliphatic carbocycles. The third-order valence-electron chi connectivity index (χ3n) is 2.04. The van der Waals surface area contributed by atoms with Gasteiger partial charge in [0.15, 0.2) is 0 Å². The van der Waals surface area contributed by atoms with Gasteiger partial charge < -0.3 is 0 Å². The molecule has 0 bridgehead atoms. The lowest BCUT2D eigenvalue weighted by atomic mass is 10.5. The highest BCUT2D eigenvalue weighted by Gasteiger charge is 2.29. The molecule has 1 aliphatic rings. The van der Waals surface area contributed by atoms with Crippen LogP contribution >= 0.6 is 23.4 Å². The Kier molecular flexibility index (Phi) is 5.71. The van der Waals surface area contributed by atoms with E-state index in [9.17, 15) is 18.0 Å². The number of nitrogens with zero attached hydrogens (tertiary/aromatic N) is 1. The van der Waals surface area contributed by atoms with Gasteiger partial charge >= 0.3 is 0 Å². The molecule has 1 heterocycles. The summed E-state index contributed by atoms with van der Waals surface area (Å²) in [5.74, 6) is 0.0889. The second-order valence-electron chi connectivity index (χ2n) is 3.36. The van der Waals surface area contributed by atoms with Crippen LogP contribution in [-0.4, -0.2) is 54.9 Å². The number of thioether (sulfide) groups is 1. The van der Waals surface area contributed by atoms with Crippen LogP contribution in [0.15, 0.2) is 0 Å². The minimum absolute atomic E-state index is 0.0443. The Labute approximate surface area is 109 Å². The molecule has 9 heteroatoms. The Morgan fingerprint density at radius 2 is 2.12 bits per heavy atom. The molecule has 2 amide bonds. The maximum atomic E-state index is 11.4. The van der Waals surface area contributed by atoms with E-state index in [0.717, 1.165) is 16.7 Å². The highest BCUT2D eigenvalue weighted by Crippen LogP contribution is 2.17. The molecule has 0 radical (unpaired) electrons. The number of hydrogen-bond donors (Lipinski definition) is 1. The van der Waals surface area contributed by atoms with Crippen molar-refractivity contribution < 1.29 is 18.0 Å². The summed E-state index contributed by atoms with van der Waals surface area (Å²) in [5, 5.41) is -0.324. The van der Waals surface area contributed by atoms with Crippen LogP contribution in [-0.2, 0) is 14.8 Å². The summed E-state index contributed by atoms with van der Waals surface area (Å²) in [7, 11) is -3.36. The number of imide groups is 1. The number of halogens is 1. The van der Waals surface area contributed by atoms with E-state index in [2.05, 4.69) is 4.72 Å². The van der Waals surface area contributed by atoms with Crippen molar-refractivity contribution in [1.82, 2.24) is 9.62 Å². The molecule has 1 rings (SSSR count). The van der Waals surface area contributed by atoms with E-state index >= 15 is 0 Å². The summed E-state index contributed by atoms with van der Waals surface area (Å²) in [4.78, 5) is 23.4. The molecule has 0 saturated carbocycles. The summed E-state index contributed by atoms with van der Waals surface area (Å²) in [6.45, 7) is 0.118. The van der Waals surface area contributed by atoms with Gasteiger partial charge in [-0.3, -0.25) is 14.5 Å². The Hall–Kier alpha value is -0.310. The summed E-state index contributed by atoms with van der Waals surface area (Å²) >= 11 is 6.32. The van der Waals surface area contributed by atoms with Crippen molar-refractivity contribution in [3.05, 3.63) is 0 Å². The highest BCUT2D eigenvalue weighted by molar-refractivity contribution is 8.14. The van der Waals surface area contributed by atoms with E-state index in [0.29, 0.717) is 6.42 Å². The lowest BCUT2D eigenvalue weighted by Crippen LogP contribution is -2.38. The van der Waals surface area contributed by atoms with Gasteiger partial charge in [0.1, 0.15) is 0 Å². The van der Waals surface area contributed by atoms with Crippen molar-refractivity contribution in [3.63, 3.8) is 0 Å². The molecule has 0 aromatic carbocycles. The van der Waals surface area contributed by atoms with Crippen LogP contribution in [0, 0.1) is 0 Å². The fraction of sp³-hybridized carbons (Fsp3) is 0.750. The minimum atomic E-state index is -3.36. The minimum Gasteiger partial charge on any atom is -0.273 e. The second-order valence-corrected chi connectivity index (χ2v) is 6.59. The number of alkyl halides is 1. The van der Waals surface area contributed by atoms with Crippen molar-refractivity contribution in [3.8, 4) is 0 Å². The number of hydrogen-bond acceptors (Lipinski definition) is 5. The van der Waals surface area contributed by atoms with Crippen LogP contribution in [0.25, 0.3) is 0 Å². The van der Waals surface area contributed by atoms with Crippen LogP contribution in [0.5, 0.6) is 0 Å². The molecule has 0 aromatic rings. The molecule has 1 N–H and O–H groups in total. The maximum Gasteiger partial charge on any atom is 0.288 e. The first-order chi connectivity index (χ1) is 7.96. The standard InChI is InChI=1S/C8H13ClN2O4S2/c9-2-1-5-17(14,15)10-3-4-11-7(12)6-16-8(11)13/h10H,1-6H2. The Morgan fingerprint density at radius 3 is 2.65 bits per heavy atom. The smallest absolute Gasteiger partial charge is 0.273 e. The Balaban J connectivity index is 2.32. The van der Waals surface area contributed by atoms with Gasteiger partial charge in [-0.05, 0) is 6.42 Å². The quantitative estimate of drug-likeness (QED) is 0.681. The molecule has 17 heavy (non-hydrogen) atoms. The third-order valence-corrected chi connectivity index (χ3v) is 4.64. The van der Waals surface area contributed by atoms with Gasteiger partial charge in [-0.2, -0.15) is 0 Å². The van der Waals surface area contributed by atoms with Gasteiger partial charge in [0.25, 0.3) is 5.24 Å². The number of carbonyl (C=O) groups is 2. The first-order valence-electron chi connectivity index (χ1n) is 4.96. The number of nitrogens with one attached hydrogen (secondary N) is 1. The second kappa shape index (κ2) is 6.58. The molecule has 0 aromatic heterocycles. The van der Waals surface area contributed by atoms with Gasteiger partial charge in [-0.25, -0.2) is 13.1 Å². The number of carbonyl (C=O) groups excluding carboxylic acids is 2. The van der Waals surface area contributed by atoms with Gasteiger partial charge in [0.2, 0.25) is 15.9 Å². The zero-order valence-corrected chi connectivity index (χ0v) is 11.4. The molecule has 98 valence electrons. The van der Waals surface area contributed by atoms with Crippen molar-refractivity contribution in [2.45, 2.75) is 6.42 Å². The van der Waals surface area contributed by atoms with E-state index in [-0.39, 0.29) is 41.6 Å². The summed E-state index contributed by atoms with van der Waals surface area (Å²) in [5.41, 5.74) is 0. The molecule has 6 nitrogen and oxygen atoms in total. The fourth-order valence-corrected chi connectivity index (χ4v) is 3.34. The van der Waals surface area contributed by atoms with Crippen LogP contribution < -0.4 is 4.72 Å². The molecule has 1 saturated heterocycles. The molecule has 0 unspecified atom stereocenters. The average molecular weight is 301 g/mol. The summed E-state index contributed by atoms with van der Waals surface area (Å²) in [6, 6.07) is 0. The van der Waals surface area contributed by atoms with Crippen LogP contribution in [0.2, 0.25) is 0 Å². The largest absolute Gasteiger partial charge is 0.288 e. The van der Waals surface area contributed by atoms with E-state index in [1.54, 1.807) is 0 Å². The van der Waals surface area contributed by atoms with Crippen molar-refractivity contribution in [2.75, 3.05) is 30.5 Å². The maximum absolute atomic E-state index is 11.4. The fourth-order valence-electron chi connectivity index (χ4n) is 1.23. The predicted molar refractivity (Wildman–Crippen MR) is 66.7 cm³/mol. The summed E-state index contributed by atoms with van der Waals surface area (Å²) < 4.78 is 25.0. The van der Waals surface area contributed by atoms with Gasteiger partial charge in [-0.15, -0.1) is 11.6 Å². The predicted octanol–water partition coefficient (Wildman–Crippen LogP) is 0.230. The zero-order valence-electron chi connectivity index (χ0n) is 9.02. The Bertz CT molecular complexity index is 382. The number of rotatable bonds is 7. The van der Waals surface area contributed by atoms with Crippen LogP contribution in [0.1, 0.15) is 6.42 Å². The molecule has 0 atom stereocenters. The van der Waals surface area contributed by atoms with Crippen LogP contribution in [0.3, 0.4) is 0 Å². The monoisotopic (exact) mass is 300 g/mol.